The van der Waals surface area contributed by atoms with Gasteiger partial charge in [0.2, 0.25) is 0 Å². The van der Waals surface area contributed by atoms with Gasteiger partial charge in [0.15, 0.2) is 0 Å². The van der Waals surface area contributed by atoms with Gasteiger partial charge in [-0.15, -0.1) is 0 Å². The molecule has 0 heterocycles. The monoisotopic (exact) mass is 206 g/mol. The highest BCUT2D eigenvalue weighted by Crippen LogP contribution is 2.05. The van der Waals surface area contributed by atoms with Crippen LogP contribution in [0.2, 0.25) is 0 Å². The highest BCUT2D eigenvalue weighted by Gasteiger charge is 1.93. The van der Waals surface area contributed by atoms with Crippen molar-refractivity contribution < 1.29 is 9.53 Å². The molecule has 0 aromatic heterocycles. The average molecular weight is 206 g/mol. The number of hydrogen-bond acceptors (Lipinski definition) is 2. The fourth-order valence-corrected chi connectivity index (χ4v) is 1.31. The zero-order valence-electron chi connectivity index (χ0n) is 9.24. The summed E-state index contributed by atoms with van der Waals surface area (Å²) in [7, 11) is 0. The molecule has 2 heteroatoms. The Kier molecular flexibility index (Phi) is 5.71. The van der Waals surface area contributed by atoms with Crippen LogP contribution in [0.25, 0.3) is 0 Å². The van der Waals surface area contributed by atoms with E-state index in [0.29, 0.717) is 13.0 Å². The molecule has 0 atom stereocenters. The highest BCUT2D eigenvalue weighted by molar-refractivity contribution is 5.48. The van der Waals surface area contributed by atoms with Crippen molar-refractivity contribution in [3.63, 3.8) is 0 Å². The lowest BCUT2D eigenvalue weighted by atomic mass is 10.2. The Morgan fingerprint density at radius 2 is 1.93 bits per heavy atom. The molecular formula is C13H18O2. The molecule has 15 heavy (non-hydrogen) atoms. The van der Waals surface area contributed by atoms with E-state index in [2.05, 4.69) is 31.2 Å². The number of unbranched alkanes of at least 4 members (excludes halogenated alkanes) is 2. The van der Waals surface area contributed by atoms with Gasteiger partial charge in [-0.2, -0.15) is 0 Å². The summed E-state index contributed by atoms with van der Waals surface area (Å²) >= 11 is 0. The van der Waals surface area contributed by atoms with Crippen LogP contribution in [0.5, 0.6) is 0 Å². The zero-order chi connectivity index (χ0) is 10.9. The molecule has 0 saturated heterocycles. The maximum absolute atomic E-state index is 10.1. The molecule has 0 aliphatic heterocycles. The summed E-state index contributed by atoms with van der Waals surface area (Å²) in [5.41, 5.74) is 2.47. The largest absolute Gasteiger partial charge is 0.377 e. The normalized spacial score (nSPS) is 10.2. The maximum Gasteiger partial charge on any atom is 0.119 e. The van der Waals surface area contributed by atoms with Gasteiger partial charge in [-0.25, -0.2) is 0 Å². The fourth-order valence-electron chi connectivity index (χ4n) is 1.31. The second-order valence-electron chi connectivity index (χ2n) is 3.70. The first-order valence-corrected chi connectivity index (χ1v) is 5.40. The van der Waals surface area contributed by atoms with E-state index in [9.17, 15) is 4.79 Å². The van der Waals surface area contributed by atoms with E-state index in [4.69, 9.17) is 4.74 Å². The van der Waals surface area contributed by atoms with Crippen LogP contribution in [0, 0.1) is 6.92 Å². The molecule has 2 nitrogen and oxygen atoms in total. The number of ether oxygens (including phenoxy) is 1. The maximum atomic E-state index is 10.1. The third-order valence-corrected chi connectivity index (χ3v) is 2.25. The molecule has 0 bridgehead atoms. The van der Waals surface area contributed by atoms with Gasteiger partial charge in [-0.3, -0.25) is 0 Å². The number of carbonyl (C=O) groups is 1. The molecule has 0 radical (unpaired) electrons. The molecule has 0 unspecified atom stereocenters. The predicted molar refractivity (Wildman–Crippen MR) is 60.8 cm³/mol. The second-order valence-corrected chi connectivity index (χ2v) is 3.70. The van der Waals surface area contributed by atoms with Crippen LogP contribution in [-0.4, -0.2) is 12.9 Å². The molecular weight excluding hydrogens is 188 g/mol. The molecule has 0 spiro atoms. The van der Waals surface area contributed by atoms with Gasteiger partial charge in [0.05, 0.1) is 6.61 Å². The highest BCUT2D eigenvalue weighted by atomic mass is 16.5. The molecule has 0 aliphatic rings. The van der Waals surface area contributed by atoms with Gasteiger partial charge >= 0.3 is 0 Å². The van der Waals surface area contributed by atoms with E-state index < -0.39 is 0 Å². The van der Waals surface area contributed by atoms with E-state index in [-0.39, 0.29) is 0 Å². The van der Waals surface area contributed by atoms with Crippen molar-refractivity contribution in [2.24, 2.45) is 0 Å². The molecule has 0 amide bonds. The number of carbonyl (C=O) groups excluding carboxylic acids is 1. The van der Waals surface area contributed by atoms with Crippen molar-refractivity contribution in [2.45, 2.75) is 32.8 Å². The lowest BCUT2D eigenvalue weighted by Crippen LogP contribution is -1.95. The van der Waals surface area contributed by atoms with Crippen molar-refractivity contribution >= 4 is 6.29 Å². The minimum atomic E-state index is 0.647. The Balaban J connectivity index is 2.09. The SMILES string of the molecule is Cc1ccc(COCCCCC=O)cc1. The van der Waals surface area contributed by atoms with E-state index >= 15 is 0 Å². The van der Waals surface area contributed by atoms with Crippen LogP contribution in [-0.2, 0) is 16.1 Å². The molecule has 0 aliphatic carbocycles. The van der Waals surface area contributed by atoms with Gasteiger partial charge in [0, 0.05) is 13.0 Å². The Morgan fingerprint density at radius 1 is 1.20 bits per heavy atom. The van der Waals surface area contributed by atoms with Crippen molar-refractivity contribution in [3.8, 4) is 0 Å². The van der Waals surface area contributed by atoms with Crippen molar-refractivity contribution in [2.75, 3.05) is 6.61 Å². The summed E-state index contributed by atoms with van der Waals surface area (Å²) in [4.78, 5) is 10.1. The van der Waals surface area contributed by atoms with Crippen LogP contribution in [0.4, 0.5) is 0 Å². The van der Waals surface area contributed by atoms with Crippen molar-refractivity contribution in [1.29, 1.82) is 0 Å². The molecule has 0 fully saturated rings. The number of aldehydes is 1. The van der Waals surface area contributed by atoms with Crippen LogP contribution < -0.4 is 0 Å². The standard InChI is InChI=1S/C13H18O2/c1-12-5-7-13(8-6-12)11-15-10-4-2-3-9-14/h5-9H,2-4,10-11H2,1H3. The van der Waals surface area contributed by atoms with Crippen LogP contribution >= 0.6 is 0 Å². The van der Waals surface area contributed by atoms with E-state index in [1.807, 2.05) is 0 Å². The summed E-state index contributed by atoms with van der Waals surface area (Å²) in [5.74, 6) is 0. The minimum Gasteiger partial charge on any atom is -0.377 e. The third kappa shape index (κ3) is 5.33. The smallest absolute Gasteiger partial charge is 0.119 e. The number of aryl methyl sites for hydroxylation is 1. The summed E-state index contributed by atoms with van der Waals surface area (Å²) in [6, 6.07) is 8.34. The topological polar surface area (TPSA) is 26.3 Å². The quantitative estimate of drug-likeness (QED) is 0.506. The van der Waals surface area contributed by atoms with Gasteiger partial charge in [-0.05, 0) is 25.3 Å². The zero-order valence-corrected chi connectivity index (χ0v) is 9.24. The first-order chi connectivity index (χ1) is 7.33. The predicted octanol–water partition coefficient (Wildman–Crippen LogP) is 2.88. The Labute approximate surface area is 91.3 Å². The fraction of sp³-hybridized carbons (Fsp3) is 0.462. The second kappa shape index (κ2) is 7.18. The lowest BCUT2D eigenvalue weighted by Gasteiger charge is -2.03. The molecule has 82 valence electrons. The average Bonchev–Trinajstić information content (AvgIpc) is 2.26. The van der Waals surface area contributed by atoms with Gasteiger partial charge in [0.1, 0.15) is 6.29 Å². The van der Waals surface area contributed by atoms with Gasteiger partial charge in [0.25, 0.3) is 0 Å². The number of hydrogen-bond donors (Lipinski definition) is 0. The van der Waals surface area contributed by atoms with Crippen LogP contribution in [0.1, 0.15) is 30.4 Å². The van der Waals surface area contributed by atoms with Crippen molar-refractivity contribution in [3.05, 3.63) is 35.4 Å². The van der Waals surface area contributed by atoms with E-state index in [1.54, 1.807) is 0 Å². The molecule has 0 N–H and O–H groups in total. The van der Waals surface area contributed by atoms with Crippen molar-refractivity contribution in [1.82, 2.24) is 0 Å². The summed E-state index contributed by atoms with van der Waals surface area (Å²) in [5, 5.41) is 0. The molecule has 1 aromatic carbocycles. The first kappa shape index (κ1) is 11.9. The number of benzene rings is 1. The summed E-state index contributed by atoms with van der Waals surface area (Å²) in [6.45, 7) is 3.48. The van der Waals surface area contributed by atoms with Crippen LogP contribution in [0.15, 0.2) is 24.3 Å². The molecule has 1 aromatic rings. The molecule has 0 saturated carbocycles. The number of rotatable bonds is 7. The lowest BCUT2D eigenvalue weighted by molar-refractivity contribution is -0.108. The minimum absolute atomic E-state index is 0.647. The van der Waals surface area contributed by atoms with Gasteiger partial charge < -0.3 is 9.53 Å². The molecule has 1 rings (SSSR count). The Hall–Kier alpha value is -1.15. The summed E-state index contributed by atoms with van der Waals surface area (Å²) in [6.07, 6.45) is 3.50. The third-order valence-electron chi connectivity index (χ3n) is 2.25. The Morgan fingerprint density at radius 3 is 2.60 bits per heavy atom. The van der Waals surface area contributed by atoms with E-state index in [0.717, 1.165) is 25.7 Å². The summed E-state index contributed by atoms with van der Waals surface area (Å²) < 4.78 is 5.49. The van der Waals surface area contributed by atoms with Gasteiger partial charge in [-0.1, -0.05) is 29.8 Å². The van der Waals surface area contributed by atoms with E-state index in [1.165, 1.54) is 11.1 Å². The Bertz CT molecular complexity index is 277. The first-order valence-electron chi connectivity index (χ1n) is 5.40. The van der Waals surface area contributed by atoms with Crippen LogP contribution in [0.3, 0.4) is 0 Å².